The third kappa shape index (κ3) is 9.81. The summed E-state index contributed by atoms with van der Waals surface area (Å²) in [6.07, 6.45) is 1.79. The Morgan fingerprint density at radius 2 is 1.86 bits per heavy atom. The summed E-state index contributed by atoms with van der Waals surface area (Å²) in [5.41, 5.74) is 0. The summed E-state index contributed by atoms with van der Waals surface area (Å²) in [7, 11) is 1.79. The predicted molar refractivity (Wildman–Crippen MR) is 102 cm³/mol. The van der Waals surface area contributed by atoms with E-state index in [1.54, 1.807) is 7.05 Å². The third-order valence-electron chi connectivity index (χ3n) is 3.41. The lowest BCUT2D eigenvalue weighted by atomic mass is 10.2. The monoisotopic (exact) mass is 428 g/mol. The highest BCUT2D eigenvalue weighted by molar-refractivity contribution is 14.0. The van der Waals surface area contributed by atoms with Gasteiger partial charge in [-0.05, 0) is 27.2 Å². The Kier molecular flexibility index (Phi) is 13.3. The lowest BCUT2D eigenvalue weighted by molar-refractivity contribution is -0.0679. The second-order valence-electron chi connectivity index (χ2n) is 5.49. The molecule has 6 nitrogen and oxygen atoms in total. The highest BCUT2D eigenvalue weighted by Gasteiger charge is 2.21. The van der Waals surface area contributed by atoms with E-state index >= 15 is 0 Å². The summed E-state index contributed by atoms with van der Waals surface area (Å²) >= 11 is 0. The van der Waals surface area contributed by atoms with Crippen molar-refractivity contribution in [2.45, 2.75) is 39.4 Å². The molecule has 7 heteroatoms. The molecule has 0 aromatic carbocycles. The molecular weight excluding hydrogens is 395 g/mol. The number of halogens is 1. The number of ether oxygens (including phenoxy) is 2. The van der Waals surface area contributed by atoms with E-state index in [0.717, 1.165) is 51.7 Å². The van der Waals surface area contributed by atoms with Crippen LogP contribution in [0.15, 0.2) is 4.99 Å². The summed E-state index contributed by atoms with van der Waals surface area (Å²) in [5.74, 6) is 0.846. The second kappa shape index (κ2) is 13.3. The van der Waals surface area contributed by atoms with Crippen LogP contribution in [0.5, 0.6) is 0 Å². The normalized spacial score (nSPS) is 23.0. The molecule has 2 unspecified atom stereocenters. The molecule has 1 rings (SSSR count). The van der Waals surface area contributed by atoms with Crippen LogP contribution in [-0.4, -0.2) is 76.1 Å². The van der Waals surface area contributed by atoms with Crippen LogP contribution in [0, 0.1) is 0 Å². The van der Waals surface area contributed by atoms with E-state index < -0.39 is 0 Å². The Morgan fingerprint density at radius 1 is 1.23 bits per heavy atom. The SMILES string of the molecule is CCOCCNC(=NC)NCCCN1CC(C)OC(C)C1.I. The zero-order chi connectivity index (χ0) is 15.5. The highest BCUT2D eigenvalue weighted by Crippen LogP contribution is 2.10. The molecular formula is C15H33IN4O2. The number of hydrogen-bond acceptors (Lipinski definition) is 4. The largest absolute Gasteiger partial charge is 0.380 e. The number of aliphatic imine (C=N–C) groups is 1. The molecule has 0 amide bonds. The van der Waals surface area contributed by atoms with Crippen molar-refractivity contribution in [1.82, 2.24) is 15.5 Å². The molecule has 132 valence electrons. The molecule has 0 aliphatic carbocycles. The molecule has 1 saturated heterocycles. The Bertz CT molecular complexity index is 295. The Labute approximate surface area is 152 Å². The molecule has 22 heavy (non-hydrogen) atoms. The van der Waals surface area contributed by atoms with Gasteiger partial charge in [0.15, 0.2) is 5.96 Å². The van der Waals surface area contributed by atoms with Crippen molar-refractivity contribution in [3.05, 3.63) is 0 Å². The van der Waals surface area contributed by atoms with E-state index in [2.05, 4.69) is 34.4 Å². The molecule has 0 aromatic rings. The summed E-state index contributed by atoms with van der Waals surface area (Å²) in [6.45, 7) is 12.6. The van der Waals surface area contributed by atoms with Gasteiger partial charge in [-0.1, -0.05) is 0 Å². The van der Waals surface area contributed by atoms with Crippen molar-refractivity contribution in [2.24, 2.45) is 4.99 Å². The first-order valence-electron chi connectivity index (χ1n) is 8.05. The van der Waals surface area contributed by atoms with Crippen molar-refractivity contribution in [1.29, 1.82) is 0 Å². The molecule has 2 atom stereocenters. The fourth-order valence-electron chi connectivity index (χ4n) is 2.58. The van der Waals surface area contributed by atoms with Gasteiger partial charge in [-0.2, -0.15) is 0 Å². The van der Waals surface area contributed by atoms with Crippen molar-refractivity contribution in [3.8, 4) is 0 Å². The quantitative estimate of drug-likeness (QED) is 0.264. The standard InChI is InChI=1S/C15H32N4O2.HI/c1-5-20-10-8-18-15(16-4)17-7-6-9-19-11-13(2)21-14(3)12-19;/h13-14H,5-12H2,1-4H3,(H2,16,17,18);1H. The number of nitrogens with zero attached hydrogens (tertiary/aromatic N) is 2. The smallest absolute Gasteiger partial charge is 0.191 e. The van der Waals surface area contributed by atoms with Crippen LogP contribution in [0.4, 0.5) is 0 Å². The van der Waals surface area contributed by atoms with Gasteiger partial charge in [-0.15, -0.1) is 24.0 Å². The van der Waals surface area contributed by atoms with Crippen LogP contribution in [0.2, 0.25) is 0 Å². The van der Waals surface area contributed by atoms with E-state index in [9.17, 15) is 0 Å². The molecule has 1 heterocycles. The molecule has 2 N–H and O–H groups in total. The van der Waals surface area contributed by atoms with Crippen molar-refractivity contribution in [2.75, 3.05) is 53.0 Å². The van der Waals surface area contributed by atoms with Gasteiger partial charge in [-0.3, -0.25) is 9.89 Å². The van der Waals surface area contributed by atoms with Crippen molar-refractivity contribution in [3.63, 3.8) is 0 Å². The lowest BCUT2D eigenvalue weighted by Crippen LogP contribution is -2.46. The fraction of sp³-hybridized carbons (Fsp3) is 0.933. The fourth-order valence-corrected chi connectivity index (χ4v) is 2.58. The van der Waals surface area contributed by atoms with E-state index in [1.165, 1.54) is 0 Å². The molecule has 1 aliphatic rings. The number of hydrogen-bond donors (Lipinski definition) is 2. The van der Waals surface area contributed by atoms with Crippen LogP contribution >= 0.6 is 24.0 Å². The topological polar surface area (TPSA) is 58.1 Å². The summed E-state index contributed by atoms with van der Waals surface area (Å²) in [4.78, 5) is 6.68. The molecule has 0 bridgehead atoms. The van der Waals surface area contributed by atoms with E-state index in [-0.39, 0.29) is 24.0 Å². The Morgan fingerprint density at radius 3 is 2.45 bits per heavy atom. The maximum atomic E-state index is 5.74. The number of morpholine rings is 1. The molecule has 1 fully saturated rings. The van der Waals surface area contributed by atoms with Gasteiger partial charge in [-0.25, -0.2) is 0 Å². The Hall–Kier alpha value is -0.120. The van der Waals surface area contributed by atoms with Gasteiger partial charge in [0.1, 0.15) is 0 Å². The number of nitrogens with one attached hydrogen (secondary N) is 2. The van der Waals surface area contributed by atoms with Crippen LogP contribution in [-0.2, 0) is 9.47 Å². The summed E-state index contributed by atoms with van der Waals surface area (Å²) in [5, 5.41) is 6.57. The minimum Gasteiger partial charge on any atom is -0.380 e. The third-order valence-corrected chi connectivity index (χ3v) is 3.41. The maximum absolute atomic E-state index is 5.74. The minimum absolute atomic E-state index is 0. The molecule has 0 aromatic heterocycles. The number of guanidine groups is 1. The first-order chi connectivity index (χ1) is 10.2. The van der Waals surface area contributed by atoms with E-state index in [4.69, 9.17) is 9.47 Å². The first-order valence-corrected chi connectivity index (χ1v) is 8.05. The summed E-state index contributed by atoms with van der Waals surface area (Å²) in [6, 6.07) is 0. The van der Waals surface area contributed by atoms with Gasteiger partial charge in [0, 0.05) is 46.4 Å². The minimum atomic E-state index is 0. The van der Waals surface area contributed by atoms with Gasteiger partial charge >= 0.3 is 0 Å². The highest BCUT2D eigenvalue weighted by atomic mass is 127. The lowest BCUT2D eigenvalue weighted by Gasteiger charge is -2.35. The zero-order valence-electron chi connectivity index (χ0n) is 14.4. The van der Waals surface area contributed by atoms with Gasteiger partial charge in [0.05, 0.1) is 18.8 Å². The van der Waals surface area contributed by atoms with E-state index in [1.807, 2.05) is 6.92 Å². The zero-order valence-corrected chi connectivity index (χ0v) is 16.8. The van der Waals surface area contributed by atoms with Crippen molar-refractivity contribution < 1.29 is 9.47 Å². The van der Waals surface area contributed by atoms with Gasteiger partial charge in [0.2, 0.25) is 0 Å². The molecule has 0 radical (unpaired) electrons. The second-order valence-corrected chi connectivity index (χ2v) is 5.49. The van der Waals surface area contributed by atoms with E-state index in [0.29, 0.717) is 18.8 Å². The predicted octanol–water partition coefficient (Wildman–Crippen LogP) is 1.31. The van der Waals surface area contributed by atoms with Crippen molar-refractivity contribution >= 4 is 29.9 Å². The molecule has 1 aliphatic heterocycles. The first kappa shape index (κ1) is 21.9. The van der Waals surface area contributed by atoms with Crippen LogP contribution in [0.3, 0.4) is 0 Å². The Balaban J connectivity index is 0.00000441. The van der Waals surface area contributed by atoms with Gasteiger partial charge < -0.3 is 20.1 Å². The molecule has 0 spiro atoms. The van der Waals surface area contributed by atoms with Crippen LogP contribution in [0.1, 0.15) is 27.2 Å². The summed E-state index contributed by atoms with van der Waals surface area (Å²) < 4.78 is 11.0. The van der Waals surface area contributed by atoms with Crippen LogP contribution < -0.4 is 10.6 Å². The average Bonchev–Trinajstić information content (AvgIpc) is 2.44. The van der Waals surface area contributed by atoms with Crippen LogP contribution in [0.25, 0.3) is 0 Å². The molecule has 0 saturated carbocycles. The number of rotatable bonds is 8. The average molecular weight is 428 g/mol. The maximum Gasteiger partial charge on any atom is 0.191 e. The van der Waals surface area contributed by atoms with Gasteiger partial charge in [0.25, 0.3) is 0 Å².